The number of benzene rings is 1. The zero-order chi connectivity index (χ0) is 16.7. The number of nitrogens with two attached hydrogens (primary N) is 1. The van der Waals surface area contributed by atoms with Crippen molar-refractivity contribution in [2.45, 2.75) is 6.54 Å². The lowest BCUT2D eigenvalue weighted by molar-refractivity contribution is 0.102. The van der Waals surface area contributed by atoms with E-state index in [9.17, 15) is 4.79 Å². The van der Waals surface area contributed by atoms with Gasteiger partial charge in [0.15, 0.2) is 0 Å². The fraction of sp³-hybridized carbons (Fsp3) is 0.294. The normalized spacial score (nSPS) is 9.76. The zero-order valence-electron chi connectivity index (χ0n) is 14.3. The van der Waals surface area contributed by atoms with Crippen LogP contribution in [0.4, 0.5) is 5.69 Å². The Morgan fingerprint density at radius 2 is 2.00 bits per heavy atom. The first kappa shape index (κ1) is 23.1. The van der Waals surface area contributed by atoms with E-state index in [1.54, 1.807) is 24.4 Å². The lowest BCUT2D eigenvalue weighted by atomic mass is 10.2. The van der Waals surface area contributed by atoms with Gasteiger partial charge >= 0.3 is 0 Å². The van der Waals surface area contributed by atoms with Gasteiger partial charge in [0.05, 0.1) is 5.69 Å². The maximum atomic E-state index is 12.3. The predicted molar refractivity (Wildman–Crippen MR) is 105 cm³/mol. The first-order chi connectivity index (χ1) is 11.1. The highest BCUT2D eigenvalue weighted by atomic mass is 35.5. The Bertz CT molecular complexity index is 669. The average Bonchev–Trinajstić information content (AvgIpc) is 2.55. The molecule has 0 aliphatic rings. The van der Waals surface area contributed by atoms with Crippen LogP contribution in [0.15, 0.2) is 42.6 Å². The molecule has 0 fully saturated rings. The maximum absolute atomic E-state index is 12.3. The summed E-state index contributed by atoms with van der Waals surface area (Å²) in [6, 6.07) is 10.7. The molecule has 1 aromatic carbocycles. The second-order valence-electron chi connectivity index (χ2n) is 5.37. The summed E-state index contributed by atoms with van der Waals surface area (Å²) in [4.78, 5) is 18.4. The molecular formula is C17H24Cl2N4O2. The van der Waals surface area contributed by atoms with Crippen molar-refractivity contribution in [1.29, 1.82) is 0 Å². The number of halogens is 2. The molecule has 25 heavy (non-hydrogen) atoms. The van der Waals surface area contributed by atoms with Crippen molar-refractivity contribution in [3.05, 3.63) is 53.9 Å². The number of nitrogens with zero attached hydrogens (tertiary/aromatic N) is 2. The summed E-state index contributed by atoms with van der Waals surface area (Å²) >= 11 is 0. The lowest BCUT2D eigenvalue weighted by Gasteiger charge is -2.12. The van der Waals surface area contributed by atoms with Crippen LogP contribution in [0.2, 0.25) is 0 Å². The van der Waals surface area contributed by atoms with Crippen molar-refractivity contribution < 1.29 is 9.53 Å². The molecule has 0 unspecified atom stereocenters. The molecule has 0 bridgehead atoms. The number of ether oxygens (including phenoxy) is 1. The largest absolute Gasteiger partial charge is 0.492 e. The fourth-order valence-corrected chi connectivity index (χ4v) is 1.94. The van der Waals surface area contributed by atoms with E-state index >= 15 is 0 Å². The van der Waals surface area contributed by atoms with Crippen LogP contribution in [-0.2, 0) is 6.54 Å². The van der Waals surface area contributed by atoms with Gasteiger partial charge in [-0.05, 0) is 38.4 Å². The summed E-state index contributed by atoms with van der Waals surface area (Å²) in [6.07, 6.45) is 1.58. The Morgan fingerprint density at radius 1 is 1.24 bits per heavy atom. The van der Waals surface area contributed by atoms with Gasteiger partial charge in [-0.15, -0.1) is 24.8 Å². The number of pyridine rings is 1. The van der Waals surface area contributed by atoms with Gasteiger partial charge < -0.3 is 20.7 Å². The molecule has 1 aromatic heterocycles. The molecule has 0 atom stereocenters. The second kappa shape index (κ2) is 11.7. The van der Waals surface area contributed by atoms with Gasteiger partial charge in [-0.2, -0.15) is 0 Å². The Hall–Kier alpha value is -1.86. The first-order valence-corrected chi connectivity index (χ1v) is 7.42. The number of amides is 1. The smallest absolute Gasteiger partial charge is 0.255 e. The van der Waals surface area contributed by atoms with Crippen molar-refractivity contribution >= 4 is 36.4 Å². The minimum Gasteiger partial charge on any atom is -0.492 e. The van der Waals surface area contributed by atoms with Gasteiger partial charge in [0.2, 0.25) is 0 Å². The molecular weight excluding hydrogens is 363 g/mol. The predicted octanol–water partition coefficient (Wildman–Crippen LogP) is 2.58. The van der Waals surface area contributed by atoms with Crippen molar-refractivity contribution in [2.75, 3.05) is 32.6 Å². The second-order valence-corrected chi connectivity index (χ2v) is 5.37. The molecule has 1 amide bonds. The number of nitrogens with one attached hydrogen (secondary N) is 1. The monoisotopic (exact) mass is 386 g/mol. The van der Waals surface area contributed by atoms with E-state index < -0.39 is 0 Å². The van der Waals surface area contributed by atoms with Gasteiger partial charge in [0, 0.05) is 36.6 Å². The molecule has 6 nitrogen and oxygen atoms in total. The number of hydrogen-bond donors (Lipinski definition) is 2. The van der Waals surface area contributed by atoms with Crippen LogP contribution < -0.4 is 15.8 Å². The summed E-state index contributed by atoms with van der Waals surface area (Å²) in [5, 5.41) is 2.85. The number of rotatable bonds is 7. The topological polar surface area (TPSA) is 80.5 Å². The van der Waals surface area contributed by atoms with Gasteiger partial charge in [-0.1, -0.05) is 6.07 Å². The Labute approximate surface area is 160 Å². The van der Waals surface area contributed by atoms with E-state index in [1.807, 2.05) is 37.2 Å². The van der Waals surface area contributed by atoms with E-state index in [4.69, 9.17) is 10.5 Å². The lowest BCUT2D eigenvalue weighted by Crippen LogP contribution is -2.19. The highest BCUT2D eigenvalue weighted by molar-refractivity contribution is 6.04. The summed E-state index contributed by atoms with van der Waals surface area (Å²) < 4.78 is 5.66. The van der Waals surface area contributed by atoms with Crippen LogP contribution in [0.5, 0.6) is 5.75 Å². The molecule has 0 aliphatic heterocycles. The molecule has 0 saturated carbocycles. The number of anilines is 1. The third-order valence-electron chi connectivity index (χ3n) is 3.19. The van der Waals surface area contributed by atoms with E-state index in [0.29, 0.717) is 30.1 Å². The molecule has 138 valence electrons. The Balaban J connectivity index is 0.00000288. The highest BCUT2D eigenvalue weighted by Gasteiger charge is 2.08. The van der Waals surface area contributed by atoms with Crippen LogP contribution in [-0.4, -0.2) is 43.0 Å². The number of aromatic nitrogens is 1. The number of carbonyl (C=O) groups excluding carboxylic acids is 1. The van der Waals surface area contributed by atoms with Crippen molar-refractivity contribution in [2.24, 2.45) is 5.73 Å². The van der Waals surface area contributed by atoms with Gasteiger partial charge in [-0.3, -0.25) is 9.78 Å². The molecule has 0 aliphatic carbocycles. The fourth-order valence-electron chi connectivity index (χ4n) is 1.94. The minimum atomic E-state index is -0.201. The summed E-state index contributed by atoms with van der Waals surface area (Å²) in [5.74, 6) is 0.523. The van der Waals surface area contributed by atoms with Crippen molar-refractivity contribution in [1.82, 2.24) is 9.88 Å². The zero-order valence-corrected chi connectivity index (χ0v) is 15.9. The molecule has 0 spiro atoms. The van der Waals surface area contributed by atoms with Crippen LogP contribution >= 0.6 is 24.8 Å². The van der Waals surface area contributed by atoms with Gasteiger partial charge in [0.25, 0.3) is 5.91 Å². The minimum absolute atomic E-state index is 0. The Morgan fingerprint density at radius 3 is 2.68 bits per heavy atom. The van der Waals surface area contributed by atoms with Crippen LogP contribution in [0.1, 0.15) is 16.1 Å². The van der Waals surface area contributed by atoms with Crippen LogP contribution in [0, 0.1) is 0 Å². The SMILES string of the molecule is CN(C)CCOc1cccc(NC(=O)c2ccnc(CN)c2)c1.Cl.Cl. The number of hydrogen-bond acceptors (Lipinski definition) is 5. The maximum Gasteiger partial charge on any atom is 0.255 e. The van der Waals surface area contributed by atoms with E-state index in [1.165, 1.54) is 0 Å². The Kier molecular flexibility index (Phi) is 10.8. The number of carbonyl (C=O) groups is 1. The molecule has 0 radical (unpaired) electrons. The van der Waals surface area contributed by atoms with Gasteiger partial charge in [-0.25, -0.2) is 0 Å². The van der Waals surface area contributed by atoms with E-state index in [2.05, 4.69) is 10.3 Å². The van der Waals surface area contributed by atoms with Crippen molar-refractivity contribution in [3.63, 3.8) is 0 Å². The van der Waals surface area contributed by atoms with Crippen LogP contribution in [0.3, 0.4) is 0 Å². The molecule has 1 heterocycles. The highest BCUT2D eigenvalue weighted by Crippen LogP contribution is 2.18. The third kappa shape index (κ3) is 7.70. The van der Waals surface area contributed by atoms with Crippen LogP contribution in [0.25, 0.3) is 0 Å². The standard InChI is InChI=1S/C17H22N4O2.2ClH/c1-21(2)8-9-23-16-5-3-4-14(11-16)20-17(22)13-6-7-19-15(10-13)12-18;;/h3-7,10-11H,8-9,12,18H2,1-2H3,(H,20,22);2*1H. The van der Waals surface area contributed by atoms with Gasteiger partial charge in [0.1, 0.15) is 12.4 Å². The summed E-state index contributed by atoms with van der Waals surface area (Å²) in [7, 11) is 3.98. The first-order valence-electron chi connectivity index (χ1n) is 7.42. The van der Waals surface area contributed by atoms with Crippen molar-refractivity contribution in [3.8, 4) is 5.75 Å². The molecule has 2 rings (SSSR count). The number of likely N-dealkylation sites (N-methyl/N-ethyl adjacent to an activating group) is 1. The third-order valence-corrected chi connectivity index (χ3v) is 3.19. The molecule has 3 N–H and O–H groups in total. The quantitative estimate of drug-likeness (QED) is 0.763. The molecule has 2 aromatic rings. The molecule has 0 saturated heterocycles. The summed E-state index contributed by atoms with van der Waals surface area (Å²) in [5.41, 5.74) is 7.43. The van der Waals surface area contributed by atoms with E-state index in [-0.39, 0.29) is 30.7 Å². The summed E-state index contributed by atoms with van der Waals surface area (Å²) in [6.45, 7) is 1.72. The van der Waals surface area contributed by atoms with E-state index in [0.717, 1.165) is 12.3 Å². The average molecular weight is 387 g/mol. The molecule has 8 heteroatoms.